The summed E-state index contributed by atoms with van der Waals surface area (Å²) < 4.78 is 11.0. The van der Waals surface area contributed by atoms with Crippen molar-refractivity contribution >= 4 is 17.4 Å². The molecular formula is C15H18ClN3O2. The fourth-order valence-electron chi connectivity index (χ4n) is 1.70. The SMILES string of the molecule is CCOCc1nc(NC)cc(OCc2ccccc2Cl)n1. The molecule has 0 aliphatic carbocycles. The Morgan fingerprint density at radius 1 is 1.19 bits per heavy atom. The van der Waals surface area contributed by atoms with Crippen LogP contribution in [0.5, 0.6) is 5.88 Å². The second-order valence-corrected chi connectivity index (χ2v) is 4.68. The molecule has 21 heavy (non-hydrogen) atoms. The van der Waals surface area contributed by atoms with Crippen molar-refractivity contribution in [3.8, 4) is 5.88 Å². The van der Waals surface area contributed by atoms with Gasteiger partial charge in [-0.1, -0.05) is 29.8 Å². The minimum Gasteiger partial charge on any atom is -0.473 e. The summed E-state index contributed by atoms with van der Waals surface area (Å²) in [5, 5.41) is 3.66. The lowest BCUT2D eigenvalue weighted by atomic mass is 10.2. The van der Waals surface area contributed by atoms with Crippen molar-refractivity contribution in [3.05, 3.63) is 46.7 Å². The second kappa shape index (κ2) is 7.81. The van der Waals surface area contributed by atoms with E-state index in [-0.39, 0.29) is 0 Å². The Morgan fingerprint density at radius 3 is 2.71 bits per heavy atom. The predicted molar refractivity (Wildman–Crippen MR) is 82.7 cm³/mol. The lowest BCUT2D eigenvalue weighted by Crippen LogP contribution is -2.06. The molecule has 0 radical (unpaired) electrons. The van der Waals surface area contributed by atoms with Crippen LogP contribution in [0.25, 0.3) is 0 Å². The number of nitrogens with one attached hydrogen (secondary N) is 1. The summed E-state index contributed by atoms with van der Waals surface area (Å²) in [6, 6.07) is 9.30. The molecule has 0 atom stereocenters. The molecule has 0 saturated heterocycles. The highest BCUT2D eigenvalue weighted by Crippen LogP contribution is 2.19. The maximum atomic E-state index is 6.10. The summed E-state index contributed by atoms with van der Waals surface area (Å²) in [7, 11) is 1.80. The van der Waals surface area contributed by atoms with Gasteiger partial charge in [0, 0.05) is 30.3 Å². The Balaban J connectivity index is 2.09. The zero-order valence-corrected chi connectivity index (χ0v) is 12.9. The summed E-state index contributed by atoms with van der Waals surface area (Å²) in [6.45, 7) is 3.25. The van der Waals surface area contributed by atoms with Gasteiger partial charge in [0.05, 0.1) is 0 Å². The number of anilines is 1. The van der Waals surface area contributed by atoms with Gasteiger partial charge < -0.3 is 14.8 Å². The molecule has 0 bridgehead atoms. The van der Waals surface area contributed by atoms with Crippen LogP contribution in [0, 0.1) is 0 Å². The molecule has 2 aromatic rings. The van der Waals surface area contributed by atoms with E-state index in [9.17, 15) is 0 Å². The van der Waals surface area contributed by atoms with E-state index in [2.05, 4.69) is 15.3 Å². The van der Waals surface area contributed by atoms with Crippen LogP contribution in [0.3, 0.4) is 0 Å². The summed E-state index contributed by atoms with van der Waals surface area (Å²) in [5.41, 5.74) is 0.912. The molecule has 1 aromatic carbocycles. The van der Waals surface area contributed by atoms with Crippen LogP contribution in [0.4, 0.5) is 5.82 Å². The Bertz CT molecular complexity index is 593. The number of halogens is 1. The van der Waals surface area contributed by atoms with Gasteiger partial charge in [-0.2, -0.15) is 4.98 Å². The number of hydrogen-bond acceptors (Lipinski definition) is 5. The van der Waals surface area contributed by atoms with Gasteiger partial charge in [0.2, 0.25) is 5.88 Å². The fourth-order valence-corrected chi connectivity index (χ4v) is 1.89. The third-order valence-corrected chi connectivity index (χ3v) is 3.14. The monoisotopic (exact) mass is 307 g/mol. The average Bonchev–Trinajstić information content (AvgIpc) is 2.52. The van der Waals surface area contributed by atoms with Gasteiger partial charge >= 0.3 is 0 Å². The highest BCUT2D eigenvalue weighted by atomic mass is 35.5. The molecule has 0 saturated carbocycles. The van der Waals surface area contributed by atoms with E-state index in [0.717, 1.165) is 5.56 Å². The summed E-state index contributed by atoms with van der Waals surface area (Å²) in [4.78, 5) is 8.63. The first-order chi connectivity index (χ1) is 10.2. The molecule has 1 N–H and O–H groups in total. The van der Waals surface area contributed by atoms with Gasteiger partial charge in [-0.05, 0) is 13.0 Å². The first-order valence-corrected chi connectivity index (χ1v) is 7.10. The van der Waals surface area contributed by atoms with E-state index in [0.29, 0.717) is 42.4 Å². The molecule has 0 aliphatic rings. The maximum Gasteiger partial charge on any atom is 0.219 e. The molecule has 0 spiro atoms. The van der Waals surface area contributed by atoms with E-state index < -0.39 is 0 Å². The molecule has 2 rings (SSSR count). The van der Waals surface area contributed by atoms with Crippen molar-refractivity contribution in [2.45, 2.75) is 20.1 Å². The standard InChI is InChI=1S/C15H18ClN3O2/c1-3-20-10-14-18-13(17-2)8-15(19-14)21-9-11-6-4-5-7-12(11)16/h4-8H,3,9-10H2,1-2H3,(H,17,18,19). The van der Waals surface area contributed by atoms with Gasteiger partial charge in [-0.15, -0.1) is 0 Å². The Hall–Kier alpha value is -1.85. The third kappa shape index (κ3) is 4.58. The van der Waals surface area contributed by atoms with Crippen molar-refractivity contribution in [1.29, 1.82) is 0 Å². The fraction of sp³-hybridized carbons (Fsp3) is 0.333. The molecule has 0 aliphatic heterocycles. The van der Waals surface area contributed by atoms with Gasteiger partial charge in [0.25, 0.3) is 0 Å². The van der Waals surface area contributed by atoms with E-state index in [1.54, 1.807) is 13.1 Å². The number of benzene rings is 1. The molecule has 5 nitrogen and oxygen atoms in total. The number of rotatable bonds is 7. The summed E-state index contributed by atoms with van der Waals surface area (Å²) in [5.74, 6) is 1.76. The summed E-state index contributed by atoms with van der Waals surface area (Å²) in [6.07, 6.45) is 0. The maximum absolute atomic E-state index is 6.10. The van der Waals surface area contributed by atoms with Gasteiger partial charge in [0.1, 0.15) is 19.0 Å². The lowest BCUT2D eigenvalue weighted by molar-refractivity contribution is 0.127. The van der Waals surface area contributed by atoms with E-state index in [4.69, 9.17) is 21.1 Å². The van der Waals surface area contributed by atoms with Crippen molar-refractivity contribution in [2.24, 2.45) is 0 Å². The lowest BCUT2D eigenvalue weighted by Gasteiger charge is -2.10. The van der Waals surface area contributed by atoms with Gasteiger partial charge in [-0.25, -0.2) is 4.98 Å². The largest absolute Gasteiger partial charge is 0.473 e. The zero-order valence-electron chi connectivity index (χ0n) is 12.1. The van der Waals surface area contributed by atoms with Crippen molar-refractivity contribution in [2.75, 3.05) is 19.0 Å². The van der Waals surface area contributed by atoms with Crippen LogP contribution in [-0.4, -0.2) is 23.6 Å². The first-order valence-electron chi connectivity index (χ1n) is 6.72. The smallest absolute Gasteiger partial charge is 0.219 e. The Labute approximate surface area is 129 Å². The van der Waals surface area contributed by atoms with Crippen molar-refractivity contribution < 1.29 is 9.47 Å². The summed E-state index contributed by atoms with van der Waals surface area (Å²) >= 11 is 6.10. The van der Waals surface area contributed by atoms with E-state index in [1.807, 2.05) is 31.2 Å². The predicted octanol–water partition coefficient (Wildman–Crippen LogP) is 3.29. The topological polar surface area (TPSA) is 56.3 Å². The number of ether oxygens (including phenoxy) is 2. The van der Waals surface area contributed by atoms with Crippen LogP contribution >= 0.6 is 11.6 Å². The quantitative estimate of drug-likeness (QED) is 0.850. The Kier molecular flexibility index (Phi) is 5.78. The minimum absolute atomic E-state index is 0.355. The molecule has 112 valence electrons. The minimum atomic E-state index is 0.355. The van der Waals surface area contributed by atoms with Gasteiger partial charge in [0.15, 0.2) is 5.82 Å². The van der Waals surface area contributed by atoms with Crippen LogP contribution in [-0.2, 0) is 18.0 Å². The van der Waals surface area contributed by atoms with E-state index >= 15 is 0 Å². The van der Waals surface area contributed by atoms with Crippen LogP contribution in [0.2, 0.25) is 5.02 Å². The van der Waals surface area contributed by atoms with E-state index in [1.165, 1.54) is 0 Å². The van der Waals surface area contributed by atoms with Crippen LogP contribution in [0.1, 0.15) is 18.3 Å². The van der Waals surface area contributed by atoms with Crippen LogP contribution in [0.15, 0.2) is 30.3 Å². The molecule has 0 amide bonds. The molecule has 1 aromatic heterocycles. The Morgan fingerprint density at radius 2 is 2.00 bits per heavy atom. The van der Waals surface area contributed by atoms with Crippen molar-refractivity contribution in [1.82, 2.24) is 9.97 Å². The molecule has 0 unspecified atom stereocenters. The first kappa shape index (κ1) is 15.5. The normalized spacial score (nSPS) is 10.4. The number of aromatic nitrogens is 2. The molecule has 1 heterocycles. The highest BCUT2D eigenvalue weighted by molar-refractivity contribution is 6.31. The molecule has 6 heteroatoms. The zero-order chi connectivity index (χ0) is 15.1. The molecule has 0 fully saturated rings. The van der Waals surface area contributed by atoms with Crippen molar-refractivity contribution in [3.63, 3.8) is 0 Å². The molecular weight excluding hydrogens is 290 g/mol. The number of hydrogen-bond donors (Lipinski definition) is 1. The number of nitrogens with zero attached hydrogens (tertiary/aromatic N) is 2. The highest BCUT2D eigenvalue weighted by Gasteiger charge is 2.06. The van der Waals surface area contributed by atoms with Gasteiger partial charge in [-0.3, -0.25) is 0 Å². The van der Waals surface area contributed by atoms with Crippen LogP contribution < -0.4 is 10.1 Å². The third-order valence-electron chi connectivity index (χ3n) is 2.77. The average molecular weight is 308 g/mol. The second-order valence-electron chi connectivity index (χ2n) is 4.27.